The molecular weight excluding hydrogens is 384 g/mol. The van der Waals surface area contributed by atoms with Crippen molar-refractivity contribution in [3.05, 3.63) is 12.2 Å². The lowest BCUT2D eigenvalue weighted by Crippen LogP contribution is -2.33. The summed E-state index contributed by atoms with van der Waals surface area (Å²) < 4.78 is 12.0. The molecule has 6 nitrogen and oxygen atoms in total. The molecule has 0 aromatic carbocycles. The van der Waals surface area contributed by atoms with Crippen LogP contribution in [0.2, 0.25) is 0 Å². The van der Waals surface area contributed by atoms with Crippen LogP contribution >= 0.6 is 0 Å². The molecule has 0 aromatic heterocycles. The van der Waals surface area contributed by atoms with Crippen molar-refractivity contribution < 1.29 is 29.6 Å². The fourth-order valence-electron chi connectivity index (χ4n) is 4.94. The third-order valence-corrected chi connectivity index (χ3v) is 6.69. The SMILES string of the molecule is CCCCCCCC1(CC[C@@H]2[C@@H](C/C=C\CCCC(=O)O)[C@@H](O)C[C@H]2O)OCCO1. The van der Waals surface area contributed by atoms with Crippen LogP contribution in [0.4, 0.5) is 0 Å². The highest BCUT2D eigenvalue weighted by Gasteiger charge is 2.43. The molecule has 1 saturated heterocycles. The van der Waals surface area contributed by atoms with Crippen LogP contribution in [0.3, 0.4) is 0 Å². The Balaban J connectivity index is 1.82. The van der Waals surface area contributed by atoms with E-state index in [1.54, 1.807) is 0 Å². The van der Waals surface area contributed by atoms with Crippen LogP contribution in [0.1, 0.15) is 90.4 Å². The molecule has 0 unspecified atom stereocenters. The first kappa shape index (κ1) is 25.3. The smallest absolute Gasteiger partial charge is 0.303 e. The molecule has 0 radical (unpaired) electrons. The van der Waals surface area contributed by atoms with Crippen LogP contribution in [0.25, 0.3) is 0 Å². The van der Waals surface area contributed by atoms with Gasteiger partial charge in [-0.2, -0.15) is 0 Å². The van der Waals surface area contributed by atoms with Crippen molar-refractivity contribution in [1.29, 1.82) is 0 Å². The largest absolute Gasteiger partial charge is 0.481 e. The third kappa shape index (κ3) is 8.29. The first-order chi connectivity index (χ1) is 14.5. The first-order valence-corrected chi connectivity index (χ1v) is 12.0. The van der Waals surface area contributed by atoms with E-state index in [-0.39, 0.29) is 18.3 Å². The van der Waals surface area contributed by atoms with E-state index in [4.69, 9.17) is 14.6 Å². The monoisotopic (exact) mass is 426 g/mol. The van der Waals surface area contributed by atoms with Crippen LogP contribution in [-0.2, 0) is 14.3 Å². The van der Waals surface area contributed by atoms with Gasteiger partial charge in [-0.3, -0.25) is 4.79 Å². The molecule has 1 heterocycles. The van der Waals surface area contributed by atoms with Gasteiger partial charge in [0.1, 0.15) is 0 Å². The molecule has 3 N–H and O–H groups in total. The van der Waals surface area contributed by atoms with Gasteiger partial charge in [-0.05, 0) is 50.4 Å². The van der Waals surface area contributed by atoms with Crippen molar-refractivity contribution >= 4 is 5.97 Å². The van der Waals surface area contributed by atoms with E-state index in [9.17, 15) is 15.0 Å². The van der Waals surface area contributed by atoms with Crippen LogP contribution in [0, 0.1) is 11.8 Å². The molecule has 0 spiro atoms. The van der Waals surface area contributed by atoms with Gasteiger partial charge in [0.25, 0.3) is 0 Å². The van der Waals surface area contributed by atoms with Crippen molar-refractivity contribution in [1.82, 2.24) is 0 Å². The number of rotatable bonds is 15. The zero-order chi connectivity index (χ0) is 21.8. The number of carbonyl (C=O) groups is 1. The van der Waals surface area contributed by atoms with Crippen molar-refractivity contribution in [2.24, 2.45) is 11.8 Å². The minimum absolute atomic E-state index is 0.0266. The standard InChI is InChI=1S/C24H42O6/c1-2-3-4-7-10-14-24(29-16-17-30-24)15-13-20-19(21(25)18-22(20)26)11-8-5-6-9-12-23(27)28/h5,8,19-22,25-26H,2-4,6-7,9-18H2,1H3,(H,27,28)/b8-5-/t19-,20-,21+,22-/m1/s1. The van der Waals surface area contributed by atoms with Crippen molar-refractivity contribution in [2.75, 3.05) is 13.2 Å². The van der Waals surface area contributed by atoms with Gasteiger partial charge >= 0.3 is 5.97 Å². The lowest BCUT2D eigenvalue weighted by Gasteiger charge is -2.31. The van der Waals surface area contributed by atoms with Crippen molar-refractivity contribution in [3.8, 4) is 0 Å². The molecule has 1 aliphatic carbocycles. The zero-order valence-corrected chi connectivity index (χ0v) is 18.6. The van der Waals surface area contributed by atoms with E-state index in [0.29, 0.717) is 32.5 Å². The Hall–Kier alpha value is -0.950. The zero-order valence-electron chi connectivity index (χ0n) is 18.6. The summed E-state index contributed by atoms with van der Waals surface area (Å²) in [4.78, 5) is 10.6. The molecule has 2 aliphatic rings. The maximum atomic E-state index is 10.6. The maximum Gasteiger partial charge on any atom is 0.303 e. The van der Waals surface area contributed by atoms with Gasteiger partial charge in [-0.15, -0.1) is 0 Å². The molecule has 2 rings (SSSR count). The molecule has 1 aliphatic heterocycles. The second-order valence-electron chi connectivity index (χ2n) is 9.00. The predicted molar refractivity (Wildman–Crippen MR) is 116 cm³/mol. The highest BCUT2D eigenvalue weighted by molar-refractivity contribution is 5.66. The quantitative estimate of drug-likeness (QED) is 0.265. The van der Waals surface area contributed by atoms with E-state index in [1.165, 1.54) is 25.7 Å². The summed E-state index contributed by atoms with van der Waals surface area (Å²) in [5.74, 6) is -1.22. The highest BCUT2D eigenvalue weighted by atomic mass is 16.7. The van der Waals surface area contributed by atoms with Crippen molar-refractivity contribution in [3.63, 3.8) is 0 Å². The topological polar surface area (TPSA) is 96.2 Å². The number of aliphatic hydroxyl groups is 2. The van der Waals surface area contributed by atoms with Gasteiger partial charge in [0.15, 0.2) is 5.79 Å². The average Bonchev–Trinajstić information content (AvgIpc) is 3.27. The Bertz CT molecular complexity index is 514. The number of unbranched alkanes of at least 4 members (excludes halogenated alkanes) is 5. The first-order valence-electron chi connectivity index (χ1n) is 12.0. The predicted octanol–water partition coefficient (Wildman–Crippen LogP) is 4.43. The fourth-order valence-corrected chi connectivity index (χ4v) is 4.94. The second-order valence-corrected chi connectivity index (χ2v) is 9.00. The maximum absolute atomic E-state index is 10.6. The minimum Gasteiger partial charge on any atom is -0.481 e. The van der Waals surface area contributed by atoms with Gasteiger partial charge in [-0.1, -0.05) is 44.8 Å². The summed E-state index contributed by atoms with van der Waals surface area (Å²) in [6.45, 7) is 3.48. The van der Waals surface area contributed by atoms with Gasteiger partial charge < -0.3 is 24.8 Å². The summed E-state index contributed by atoms with van der Waals surface area (Å²) in [7, 11) is 0. The molecule has 4 atom stereocenters. The van der Waals surface area contributed by atoms with Gasteiger partial charge in [0.2, 0.25) is 0 Å². The molecule has 174 valence electrons. The molecule has 0 amide bonds. The summed E-state index contributed by atoms with van der Waals surface area (Å²) >= 11 is 0. The Morgan fingerprint density at radius 1 is 0.967 bits per heavy atom. The molecular formula is C24H42O6. The Kier molecular flexibility index (Phi) is 11.4. The molecule has 1 saturated carbocycles. The minimum atomic E-state index is -0.770. The lowest BCUT2D eigenvalue weighted by molar-refractivity contribution is -0.171. The third-order valence-electron chi connectivity index (χ3n) is 6.69. The molecule has 6 heteroatoms. The molecule has 0 bridgehead atoms. The Labute approximate surface area is 181 Å². The summed E-state index contributed by atoms with van der Waals surface area (Å²) in [6.07, 6.45) is 14.2. The number of aliphatic hydroxyl groups excluding tert-OH is 2. The molecule has 30 heavy (non-hydrogen) atoms. The van der Waals surface area contributed by atoms with Crippen LogP contribution < -0.4 is 0 Å². The van der Waals surface area contributed by atoms with Gasteiger partial charge in [0, 0.05) is 19.3 Å². The van der Waals surface area contributed by atoms with Crippen LogP contribution in [0.5, 0.6) is 0 Å². The van der Waals surface area contributed by atoms with E-state index >= 15 is 0 Å². The summed E-state index contributed by atoms with van der Waals surface area (Å²) in [6, 6.07) is 0. The van der Waals surface area contributed by atoms with E-state index in [0.717, 1.165) is 32.1 Å². The van der Waals surface area contributed by atoms with E-state index in [1.807, 2.05) is 12.2 Å². The molecule has 2 fully saturated rings. The number of aliphatic carboxylic acids is 1. The summed E-state index contributed by atoms with van der Waals surface area (Å²) in [5.41, 5.74) is 0. The second kappa shape index (κ2) is 13.5. The van der Waals surface area contributed by atoms with Gasteiger partial charge in [-0.25, -0.2) is 0 Å². The fraction of sp³-hybridized carbons (Fsp3) is 0.875. The van der Waals surface area contributed by atoms with E-state index < -0.39 is 24.0 Å². The number of hydrogen-bond donors (Lipinski definition) is 3. The normalized spacial score (nSPS) is 28.5. The number of allylic oxidation sites excluding steroid dienone is 2. The lowest BCUT2D eigenvalue weighted by atomic mass is 9.85. The number of carboxylic acid groups (broad SMARTS) is 1. The van der Waals surface area contributed by atoms with Crippen LogP contribution in [-0.4, -0.2) is 52.5 Å². The van der Waals surface area contributed by atoms with E-state index in [2.05, 4.69) is 6.92 Å². The number of hydrogen-bond acceptors (Lipinski definition) is 5. The van der Waals surface area contributed by atoms with Gasteiger partial charge in [0.05, 0.1) is 25.4 Å². The number of carboxylic acids is 1. The molecule has 0 aromatic rings. The Morgan fingerprint density at radius 3 is 2.37 bits per heavy atom. The highest BCUT2D eigenvalue weighted by Crippen LogP contribution is 2.41. The van der Waals surface area contributed by atoms with Crippen molar-refractivity contribution in [2.45, 2.75) is 108 Å². The average molecular weight is 427 g/mol. The summed E-state index contributed by atoms with van der Waals surface area (Å²) in [5, 5.41) is 29.7. The van der Waals surface area contributed by atoms with Crippen LogP contribution in [0.15, 0.2) is 12.2 Å². The Morgan fingerprint density at radius 2 is 1.67 bits per heavy atom. The number of ether oxygens (including phenoxy) is 2.